The van der Waals surface area contributed by atoms with Gasteiger partial charge in [0.2, 0.25) is 0 Å². The third kappa shape index (κ3) is 5.41. The van der Waals surface area contributed by atoms with E-state index >= 15 is 0 Å². The zero-order valence-corrected chi connectivity index (χ0v) is 35.2. The highest BCUT2D eigenvalue weighted by Crippen LogP contribution is 2.55. The molecule has 0 fully saturated rings. The Bertz CT molecular complexity index is 2700. The number of aryl methyl sites for hydroxylation is 1. The Labute approximate surface area is 322 Å². The molecule has 2 nitrogen and oxygen atoms in total. The van der Waals surface area contributed by atoms with Crippen LogP contribution in [0.3, 0.4) is 0 Å². The minimum absolute atomic E-state index is 0.219. The first-order valence-electron chi connectivity index (χ1n) is 19.4. The molecule has 0 unspecified atom stereocenters. The molecule has 0 bridgehead atoms. The van der Waals surface area contributed by atoms with Crippen LogP contribution in [-0.4, -0.2) is 20.7 Å². The summed E-state index contributed by atoms with van der Waals surface area (Å²) in [6, 6.07) is 53.1. The number of fused-ring (bicyclic) bond motifs is 8. The highest BCUT2D eigenvalue weighted by atomic mass is 28.3. The maximum atomic E-state index is 2.53. The molecule has 8 aromatic rings. The van der Waals surface area contributed by atoms with E-state index in [0.29, 0.717) is 0 Å². The minimum atomic E-state index is -1.51. The van der Waals surface area contributed by atoms with Crippen LogP contribution < -0.4 is 15.3 Å². The van der Waals surface area contributed by atoms with Crippen LogP contribution in [0.25, 0.3) is 49.4 Å². The molecule has 7 aromatic carbocycles. The van der Waals surface area contributed by atoms with E-state index in [1.54, 1.807) is 0 Å². The van der Waals surface area contributed by atoms with Crippen molar-refractivity contribution in [3.8, 4) is 16.8 Å². The third-order valence-electron chi connectivity index (χ3n) is 11.9. The van der Waals surface area contributed by atoms with Crippen LogP contribution in [0.5, 0.6) is 0 Å². The fraction of sp³-hybridized carbons (Fsp3) is 0.200. The van der Waals surface area contributed by atoms with Crippen molar-refractivity contribution in [2.45, 2.75) is 65.5 Å². The molecule has 0 atom stereocenters. The van der Waals surface area contributed by atoms with E-state index in [-0.39, 0.29) is 5.41 Å². The number of aromatic nitrogens is 1. The van der Waals surface area contributed by atoms with Gasteiger partial charge >= 0.3 is 0 Å². The second-order valence-corrected chi connectivity index (χ2v) is 28.2. The lowest BCUT2D eigenvalue weighted by atomic mass is 9.81. The summed E-state index contributed by atoms with van der Waals surface area (Å²) >= 11 is 0. The molecule has 0 spiro atoms. The molecule has 268 valence electrons. The summed E-state index contributed by atoms with van der Waals surface area (Å²) in [7, 11) is -3.03. The molecule has 1 aromatic heterocycles. The van der Waals surface area contributed by atoms with Gasteiger partial charge in [-0.15, -0.1) is 0 Å². The smallest absolute Gasteiger partial charge is 0.0776 e. The molecule has 1 heterocycles. The lowest BCUT2D eigenvalue weighted by Gasteiger charge is -2.30. The standard InChI is InChI=1S/C50H50N2Si2/c1-33-16-15-19-35(28-33)51(34-17-11-10-12-18-34)48-32-45-49(40-21-14-13-20-39(40)48)41-25-22-36(29-44(41)50(45,2)3)52-46-26-23-37(53(4,5)6)30-42(46)43-31-38(54(7,8)9)24-27-47(43)52/h10-32H,1-9H3. The largest absolute Gasteiger partial charge is 0.310 e. The van der Waals surface area contributed by atoms with Gasteiger partial charge in [-0.05, 0) is 94.7 Å². The number of para-hydroxylation sites is 1. The Morgan fingerprint density at radius 3 is 1.70 bits per heavy atom. The first-order valence-corrected chi connectivity index (χ1v) is 26.4. The van der Waals surface area contributed by atoms with Crippen LogP contribution in [-0.2, 0) is 5.41 Å². The summed E-state index contributed by atoms with van der Waals surface area (Å²) in [5, 5.41) is 8.33. The van der Waals surface area contributed by atoms with Gasteiger partial charge in [0, 0.05) is 38.6 Å². The number of benzene rings is 7. The van der Waals surface area contributed by atoms with Gasteiger partial charge in [0.15, 0.2) is 0 Å². The highest BCUT2D eigenvalue weighted by molar-refractivity contribution is 6.89. The molecule has 9 rings (SSSR count). The van der Waals surface area contributed by atoms with Crippen LogP contribution in [0, 0.1) is 6.92 Å². The van der Waals surface area contributed by atoms with Crippen molar-refractivity contribution in [2.24, 2.45) is 0 Å². The molecule has 54 heavy (non-hydrogen) atoms. The molecule has 0 aliphatic heterocycles. The molecule has 0 saturated carbocycles. The van der Waals surface area contributed by atoms with E-state index in [9.17, 15) is 0 Å². The van der Waals surface area contributed by atoms with Gasteiger partial charge < -0.3 is 9.47 Å². The Kier molecular flexibility index (Phi) is 7.80. The molecule has 0 radical (unpaired) electrons. The van der Waals surface area contributed by atoms with Crippen molar-refractivity contribution in [1.29, 1.82) is 0 Å². The molecule has 4 heteroatoms. The summed E-state index contributed by atoms with van der Waals surface area (Å²) in [4.78, 5) is 2.45. The van der Waals surface area contributed by atoms with Gasteiger partial charge in [0.05, 0.1) is 32.9 Å². The summed E-state index contributed by atoms with van der Waals surface area (Å²) < 4.78 is 2.53. The number of anilines is 3. The molecule has 1 aliphatic carbocycles. The third-order valence-corrected chi connectivity index (χ3v) is 16.0. The topological polar surface area (TPSA) is 8.17 Å². The van der Waals surface area contributed by atoms with Crippen LogP contribution in [0.1, 0.15) is 30.5 Å². The predicted octanol–water partition coefficient (Wildman–Crippen LogP) is 13.1. The first kappa shape index (κ1) is 34.6. The van der Waals surface area contributed by atoms with E-state index in [0.717, 1.165) is 5.69 Å². The van der Waals surface area contributed by atoms with Crippen molar-refractivity contribution in [1.82, 2.24) is 4.57 Å². The predicted molar refractivity (Wildman–Crippen MR) is 241 cm³/mol. The van der Waals surface area contributed by atoms with Gasteiger partial charge in [-0.3, -0.25) is 0 Å². The number of hydrogen-bond donors (Lipinski definition) is 0. The molecule has 0 amide bonds. The van der Waals surface area contributed by atoms with Crippen LogP contribution in [0.4, 0.5) is 17.1 Å². The molecule has 1 aliphatic rings. The average molecular weight is 735 g/mol. The van der Waals surface area contributed by atoms with Crippen LogP contribution >= 0.6 is 0 Å². The lowest BCUT2D eigenvalue weighted by molar-refractivity contribution is 0.660. The minimum Gasteiger partial charge on any atom is -0.310 e. The molecule has 0 saturated heterocycles. The maximum absolute atomic E-state index is 2.53. The summed E-state index contributed by atoms with van der Waals surface area (Å²) in [6.07, 6.45) is 0. The zero-order valence-electron chi connectivity index (χ0n) is 33.2. The maximum Gasteiger partial charge on any atom is 0.0776 e. The van der Waals surface area contributed by atoms with Crippen LogP contribution in [0.15, 0.2) is 140 Å². The van der Waals surface area contributed by atoms with E-state index in [2.05, 4.69) is 209 Å². The molecular weight excluding hydrogens is 685 g/mol. The lowest BCUT2D eigenvalue weighted by Crippen LogP contribution is -2.37. The van der Waals surface area contributed by atoms with Gasteiger partial charge in [0.1, 0.15) is 0 Å². The molecular formula is C50H50N2Si2. The normalized spacial score (nSPS) is 13.8. The number of hydrogen-bond acceptors (Lipinski definition) is 1. The molecule has 0 N–H and O–H groups in total. The van der Waals surface area contributed by atoms with Crippen molar-refractivity contribution in [2.75, 3.05) is 4.90 Å². The van der Waals surface area contributed by atoms with Crippen molar-refractivity contribution in [3.63, 3.8) is 0 Å². The summed E-state index contributed by atoms with van der Waals surface area (Å²) in [6.45, 7) is 21.8. The van der Waals surface area contributed by atoms with Gasteiger partial charge in [-0.1, -0.05) is 148 Å². The second kappa shape index (κ2) is 12.2. The summed E-state index contributed by atoms with van der Waals surface area (Å²) in [5.74, 6) is 0. The SMILES string of the molecule is Cc1cccc(N(c2ccccc2)c2cc3c(c4ccccc24)-c2ccc(-n4c5ccc([Si](C)(C)C)cc5c5cc([Si](C)(C)C)ccc54)cc2C3(C)C)c1. The van der Waals surface area contributed by atoms with Crippen molar-refractivity contribution < 1.29 is 0 Å². The van der Waals surface area contributed by atoms with Gasteiger partial charge in [-0.25, -0.2) is 0 Å². The van der Waals surface area contributed by atoms with E-state index < -0.39 is 16.1 Å². The van der Waals surface area contributed by atoms with E-state index in [1.165, 1.54) is 87.8 Å². The average Bonchev–Trinajstić information content (AvgIpc) is 3.59. The highest BCUT2D eigenvalue weighted by Gasteiger charge is 2.38. The van der Waals surface area contributed by atoms with Crippen LogP contribution in [0.2, 0.25) is 39.3 Å². The quantitative estimate of drug-likeness (QED) is 0.154. The monoisotopic (exact) mass is 734 g/mol. The first-order chi connectivity index (χ1) is 25.7. The number of nitrogens with zero attached hydrogens (tertiary/aromatic N) is 2. The van der Waals surface area contributed by atoms with Gasteiger partial charge in [0.25, 0.3) is 0 Å². The van der Waals surface area contributed by atoms with E-state index in [1.807, 2.05) is 0 Å². The Hall–Kier alpha value is -5.17. The van der Waals surface area contributed by atoms with Crippen molar-refractivity contribution in [3.05, 3.63) is 156 Å². The Morgan fingerprint density at radius 1 is 0.500 bits per heavy atom. The number of rotatable bonds is 6. The second-order valence-electron chi connectivity index (χ2n) is 18.0. The fourth-order valence-corrected chi connectivity index (χ4v) is 11.2. The summed E-state index contributed by atoms with van der Waals surface area (Å²) in [5.41, 5.74) is 13.8. The Morgan fingerprint density at radius 2 is 1.09 bits per heavy atom. The van der Waals surface area contributed by atoms with Gasteiger partial charge in [-0.2, -0.15) is 0 Å². The zero-order chi connectivity index (χ0) is 37.7. The fourth-order valence-electron chi connectivity index (χ4n) is 8.88. The Balaban J connectivity index is 1.27. The van der Waals surface area contributed by atoms with Crippen molar-refractivity contribution >= 4 is 76.2 Å². The van der Waals surface area contributed by atoms with E-state index in [4.69, 9.17) is 0 Å².